The molecule has 11 heteroatoms. The lowest BCUT2D eigenvalue weighted by atomic mass is 9.96. The van der Waals surface area contributed by atoms with Crippen molar-refractivity contribution >= 4 is 0 Å². The summed E-state index contributed by atoms with van der Waals surface area (Å²) in [5.74, 6) is 0. The van der Waals surface area contributed by atoms with Crippen molar-refractivity contribution in [2.75, 3.05) is 13.2 Å². The van der Waals surface area contributed by atoms with Crippen molar-refractivity contribution in [3.8, 4) is 0 Å². The number of ether oxygens (including phenoxy) is 8. The van der Waals surface area contributed by atoms with Gasteiger partial charge in [0.15, 0.2) is 12.6 Å². The molecular formula is C47H52O11. The fourth-order valence-electron chi connectivity index (χ4n) is 7.17. The van der Waals surface area contributed by atoms with Crippen molar-refractivity contribution in [2.24, 2.45) is 0 Å². The number of benzene rings is 5. The zero-order valence-corrected chi connectivity index (χ0v) is 32.3. The number of rotatable bonds is 19. The Morgan fingerprint density at radius 2 is 0.810 bits per heavy atom. The molecular weight excluding hydrogens is 741 g/mol. The normalized spacial score (nSPS) is 27.3. The molecule has 2 saturated heterocycles. The highest BCUT2D eigenvalue weighted by molar-refractivity contribution is 5.17. The van der Waals surface area contributed by atoms with E-state index in [4.69, 9.17) is 37.9 Å². The van der Waals surface area contributed by atoms with Crippen molar-refractivity contribution in [1.29, 1.82) is 0 Å². The highest BCUT2D eigenvalue weighted by Crippen LogP contribution is 2.35. The minimum absolute atomic E-state index is 0.00940. The maximum absolute atomic E-state index is 11.6. The first-order chi connectivity index (χ1) is 28.6. The fourth-order valence-corrected chi connectivity index (χ4v) is 7.17. The van der Waals surface area contributed by atoms with Gasteiger partial charge in [0.1, 0.15) is 48.8 Å². The van der Waals surface area contributed by atoms with E-state index in [1.165, 1.54) is 0 Å². The minimum Gasteiger partial charge on any atom is -0.394 e. The van der Waals surface area contributed by atoms with Gasteiger partial charge >= 0.3 is 0 Å². The van der Waals surface area contributed by atoms with Crippen LogP contribution in [0.1, 0.15) is 27.8 Å². The van der Waals surface area contributed by atoms with E-state index in [-0.39, 0.29) is 39.6 Å². The standard InChI is InChI=1S/C47H52O11/c48-26-38-40(49)42(52-28-34-18-8-2-9-19-34)45(55-31-37-24-14-5-15-25-37)47(57-38)58-41-39(32-51-27-33-16-6-1-7-17-33)56-46(50)44(54-30-36-22-12-4-13-23-36)43(41)53-29-35-20-10-3-11-21-35/h1-25,38-50H,26-32H2. The summed E-state index contributed by atoms with van der Waals surface area (Å²) >= 11 is 0. The van der Waals surface area contributed by atoms with Gasteiger partial charge in [0.05, 0.1) is 46.2 Å². The quantitative estimate of drug-likeness (QED) is 0.0948. The molecule has 0 saturated carbocycles. The van der Waals surface area contributed by atoms with E-state index >= 15 is 0 Å². The van der Waals surface area contributed by atoms with E-state index in [2.05, 4.69) is 0 Å². The average molecular weight is 793 g/mol. The Balaban J connectivity index is 1.22. The third-order valence-corrected chi connectivity index (χ3v) is 10.2. The van der Waals surface area contributed by atoms with Crippen LogP contribution in [0.3, 0.4) is 0 Å². The smallest absolute Gasteiger partial charge is 0.187 e. The second-order valence-corrected chi connectivity index (χ2v) is 14.4. The van der Waals surface area contributed by atoms with Gasteiger partial charge in [0.2, 0.25) is 0 Å². The van der Waals surface area contributed by atoms with Crippen LogP contribution in [0, 0.1) is 0 Å². The molecule has 58 heavy (non-hydrogen) atoms. The molecule has 10 unspecified atom stereocenters. The van der Waals surface area contributed by atoms with Gasteiger partial charge in [0.25, 0.3) is 0 Å². The predicted octanol–water partition coefficient (Wildman–Crippen LogP) is 5.73. The van der Waals surface area contributed by atoms with Crippen molar-refractivity contribution in [1.82, 2.24) is 0 Å². The molecule has 2 heterocycles. The molecule has 0 bridgehead atoms. The van der Waals surface area contributed by atoms with Gasteiger partial charge in [-0.25, -0.2) is 0 Å². The van der Waals surface area contributed by atoms with Gasteiger partial charge in [-0.1, -0.05) is 152 Å². The molecule has 0 aliphatic carbocycles. The average Bonchev–Trinajstić information content (AvgIpc) is 3.27. The molecule has 5 aromatic carbocycles. The summed E-state index contributed by atoms with van der Waals surface area (Å²) in [6.45, 7) is 0.413. The van der Waals surface area contributed by atoms with E-state index in [9.17, 15) is 15.3 Å². The predicted molar refractivity (Wildman–Crippen MR) is 214 cm³/mol. The van der Waals surface area contributed by atoms with Crippen LogP contribution in [-0.2, 0) is 70.9 Å². The van der Waals surface area contributed by atoms with E-state index in [0.29, 0.717) is 0 Å². The Morgan fingerprint density at radius 1 is 0.414 bits per heavy atom. The van der Waals surface area contributed by atoms with Crippen molar-refractivity contribution in [3.63, 3.8) is 0 Å². The summed E-state index contributed by atoms with van der Waals surface area (Å²) in [4.78, 5) is 0. The molecule has 2 fully saturated rings. The van der Waals surface area contributed by atoms with Crippen LogP contribution >= 0.6 is 0 Å². The monoisotopic (exact) mass is 792 g/mol. The van der Waals surface area contributed by atoms with E-state index in [0.717, 1.165) is 27.8 Å². The van der Waals surface area contributed by atoms with Crippen molar-refractivity contribution in [2.45, 2.75) is 94.4 Å². The van der Waals surface area contributed by atoms with Gasteiger partial charge in [-0.05, 0) is 27.8 Å². The Hall–Kier alpha value is -4.34. The molecule has 7 rings (SSSR count). The summed E-state index contributed by atoms with van der Waals surface area (Å²) in [5.41, 5.74) is 4.53. The van der Waals surface area contributed by atoms with E-state index in [1.54, 1.807) is 0 Å². The molecule has 0 spiro atoms. The Kier molecular flexibility index (Phi) is 15.6. The third kappa shape index (κ3) is 11.4. The first-order valence-corrected chi connectivity index (χ1v) is 19.7. The molecule has 2 aliphatic heterocycles. The molecule has 0 radical (unpaired) electrons. The molecule has 11 nitrogen and oxygen atoms in total. The summed E-state index contributed by atoms with van der Waals surface area (Å²) in [6.07, 6.45) is -10.8. The van der Waals surface area contributed by atoms with Crippen LogP contribution in [0.25, 0.3) is 0 Å². The first-order valence-electron chi connectivity index (χ1n) is 19.7. The zero-order chi connectivity index (χ0) is 39.9. The van der Waals surface area contributed by atoms with Gasteiger partial charge in [-0.15, -0.1) is 0 Å². The minimum atomic E-state index is -1.42. The molecule has 2 aliphatic rings. The Labute approximate surface area is 339 Å². The lowest BCUT2D eigenvalue weighted by molar-refractivity contribution is -0.371. The van der Waals surface area contributed by atoms with Crippen LogP contribution in [-0.4, -0.2) is 89.9 Å². The molecule has 0 amide bonds. The molecule has 10 atom stereocenters. The number of hydrogen-bond donors (Lipinski definition) is 3. The van der Waals surface area contributed by atoms with Gasteiger partial charge < -0.3 is 53.2 Å². The zero-order valence-electron chi connectivity index (χ0n) is 32.3. The van der Waals surface area contributed by atoms with Crippen molar-refractivity contribution in [3.05, 3.63) is 179 Å². The largest absolute Gasteiger partial charge is 0.394 e. The maximum atomic E-state index is 11.6. The number of aliphatic hydroxyl groups is 3. The molecule has 306 valence electrons. The summed E-state index contributed by atoms with van der Waals surface area (Å²) in [6, 6.07) is 48.3. The van der Waals surface area contributed by atoms with Gasteiger partial charge in [-0.2, -0.15) is 0 Å². The second-order valence-electron chi connectivity index (χ2n) is 14.4. The van der Waals surface area contributed by atoms with Crippen LogP contribution in [0.2, 0.25) is 0 Å². The molecule has 3 N–H and O–H groups in total. The second kappa shape index (κ2) is 21.6. The van der Waals surface area contributed by atoms with Gasteiger partial charge in [-0.3, -0.25) is 0 Å². The lowest BCUT2D eigenvalue weighted by Gasteiger charge is -2.49. The van der Waals surface area contributed by atoms with Crippen LogP contribution in [0.5, 0.6) is 0 Å². The maximum Gasteiger partial charge on any atom is 0.187 e. The number of aliphatic hydroxyl groups excluding tert-OH is 3. The third-order valence-electron chi connectivity index (χ3n) is 10.2. The summed E-state index contributed by atoms with van der Waals surface area (Å²) in [5, 5.41) is 33.8. The molecule has 0 aromatic heterocycles. The van der Waals surface area contributed by atoms with Gasteiger partial charge in [0, 0.05) is 0 Å². The summed E-state index contributed by atoms with van der Waals surface area (Å²) < 4.78 is 52.0. The first kappa shape index (κ1) is 41.8. The summed E-state index contributed by atoms with van der Waals surface area (Å²) in [7, 11) is 0. The van der Waals surface area contributed by atoms with Crippen LogP contribution in [0.15, 0.2) is 152 Å². The fraction of sp³-hybridized carbons (Fsp3) is 0.362. The highest BCUT2D eigenvalue weighted by atomic mass is 16.7. The van der Waals surface area contributed by atoms with E-state index in [1.807, 2.05) is 152 Å². The lowest BCUT2D eigenvalue weighted by Crippen LogP contribution is -2.66. The molecule has 5 aromatic rings. The van der Waals surface area contributed by atoms with Crippen LogP contribution in [0.4, 0.5) is 0 Å². The SMILES string of the molecule is OCC1OC(OC2C(COCc3ccccc3)OC(O)C(OCc3ccccc3)C2OCc2ccccc2)C(OCc2ccccc2)C(OCc2ccccc2)C1O. The van der Waals surface area contributed by atoms with Crippen molar-refractivity contribution < 1.29 is 53.2 Å². The van der Waals surface area contributed by atoms with E-state index < -0.39 is 68.0 Å². The van der Waals surface area contributed by atoms with Crippen LogP contribution < -0.4 is 0 Å². The Bertz CT molecular complexity index is 1870. The Morgan fingerprint density at radius 3 is 1.26 bits per heavy atom. The topological polar surface area (TPSA) is 135 Å². The number of hydrogen-bond acceptors (Lipinski definition) is 11. The highest BCUT2D eigenvalue weighted by Gasteiger charge is 2.53.